The van der Waals surface area contributed by atoms with Crippen molar-refractivity contribution in [2.75, 3.05) is 19.7 Å². The highest BCUT2D eigenvalue weighted by Gasteiger charge is 2.02. The Hall–Kier alpha value is -0.570. The molecule has 0 rings (SSSR count). The van der Waals surface area contributed by atoms with Gasteiger partial charge in [-0.2, -0.15) is 0 Å². The molecule has 0 spiro atoms. The molecule has 26 heavy (non-hydrogen) atoms. The third kappa shape index (κ3) is 21.5. The van der Waals surface area contributed by atoms with Crippen LogP contribution in [0.15, 0.2) is 0 Å². The number of hydrogen-bond donors (Lipinski definition) is 1. The van der Waals surface area contributed by atoms with Crippen molar-refractivity contribution in [1.82, 2.24) is 0 Å². The monoisotopic (exact) mass is 370 g/mol. The van der Waals surface area contributed by atoms with Gasteiger partial charge in [0, 0.05) is 0 Å². The minimum atomic E-state index is -0.0595. The van der Waals surface area contributed by atoms with Gasteiger partial charge < -0.3 is 10.1 Å². The molecule has 0 amide bonds. The van der Waals surface area contributed by atoms with Gasteiger partial charge in [-0.3, -0.25) is 4.79 Å². The Morgan fingerprint density at radius 3 is 1.46 bits per heavy atom. The van der Waals surface area contributed by atoms with Crippen LogP contribution in [0.2, 0.25) is 0 Å². The second-order valence-electron chi connectivity index (χ2n) is 7.72. The van der Waals surface area contributed by atoms with Gasteiger partial charge in [-0.25, -0.2) is 0 Å². The van der Waals surface area contributed by atoms with Gasteiger partial charge in [0.1, 0.15) is 0 Å². The number of hydrogen-bond acceptors (Lipinski definition) is 2. The summed E-state index contributed by atoms with van der Waals surface area (Å²) in [6, 6.07) is 0. The number of quaternary nitrogens is 1. The first-order chi connectivity index (χ1) is 12.8. The van der Waals surface area contributed by atoms with E-state index in [1.54, 1.807) is 0 Å². The predicted molar refractivity (Wildman–Crippen MR) is 112 cm³/mol. The van der Waals surface area contributed by atoms with Crippen LogP contribution in [-0.4, -0.2) is 25.7 Å². The van der Waals surface area contributed by atoms with Crippen molar-refractivity contribution in [3.63, 3.8) is 0 Å². The van der Waals surface area contributed by atoms with E-state index in [4.69, 9.17) is 4.74 Å². The number of unbranched alkanes of at least 4 members (excludes halogenated alkanes) is 15. The Bertz CT molecular complexity index is 281. The number of esters is 1. The van der Waals surface area contributed by atoms with Gasteiger partial charge >= 0.3 is 5.97 Å². The highest BCUT2D eigenvalue weighted by Crippen LogP contribution is 2.13. The minimum Gasteiger partial charge on any atom is -0.466 e. The molecular formula is C23H48NO2+. The Morgan fingerprint density at radius 2 is 1.04 bits per heavy atom. The minimum absolute atomic E-state index is 0.0595. The smallest absolute Gasteiger partial charge is 0.311 e. The maximum atomic E-state index is 11.2. The van der Waals surface area contributed by atoms with Crippen LogP contribution >= 0.6 is 0 Å². The fourth-order valence-electron chi connectivity index (χ4n) is 3.43. The summed E-state index contributed by atoms with van der Waals surface area (Å²) < 4.78 is 4.92. The molecule has 3 nitrogen and oxygen atoms in total. The highest BCUT2D eigenvalue weighted by molar-refractivity contribution is 5.69. The largest absolute Gasteiger partial charge is 0.466 e. The van der Waals surface area contributed by atoms with E-state index >= 15 is 0 Å². The molecule has 0 radical (unpaired) electrons. The van der Waals surface area contributed by atoms with Gasteiger partial charge in [-0.15, -0.1) is 0 Å². The molecule has 0 aromatic rings. The van der Waals surface area contributed by atoms with E-state index in [0.717, 1.165) is 13.1 Å². The van der Waals surface area contributed by atoms with Crippen LogP contribution in [-0.2, 0) is 9.53 Å². The van der Waals surface area contributed by atoms with E-state index in [1.165, 1.54) is 103 Å². The van der Waals surface area contributed by atoms with Crippen LogP contribution < -0.4 is 5.32 Å². The van der Waals surface area contributed by atoms with E-state index in [1.807, 2.05) is 6.92 Å². The van der Waals surface area contributed by atoms with Crippen LogP contribution in [0, 0.1) is 0 Å². The molecule has 0 aliphatic carbocycles. The van der Waals surface area contributed by atoms with Gasteiger partial charge in [-0.1, -0.05) is 96.8 Å². The third-order valence-corrected chi connectivity index (χ3v) is 5.12. The predicted octanol–water partition coefficient (Wildman–Crippen LogP) is 5.76. The molecule has 0 aliphatic rings. The van der Waals surface area contributed by atoms with Crippen LogP contribution in [0.5, 0.6) is 0 Å². The average molecular weight is 371 g/mol. The van der Waals surface area contributed by atoms with Gasteiger partial charge in [0.2, 0.25) is 0 Å². The van der Waals surface area contributed by atoms with Crippen molar-refractivity contribution in [1.29, 1.82) is 0 Å². The second-order valence-corrected chi connectivity index (χ2v) is 7.72. The number of ether oxygens (including phenoxy) is 1. The summed E-state index contributed by atoms with van der Waals surface area (Å²) in [5.41, 5.74) is 0. The van der Waals surface area contributed by atoms with Crippen LogP contribution in [0.1, 0.15) is 123 Å². The summed E-state index contributed by atoms with van der Waals surface area (Å²) in [7, 11) is 0. The molecule has 0 saturated carbocycles. The van der Waals surface area contributed by atoms with Gasteiger partial charge in [0.15, 0.2) is 0 Å². The zero-order chi connectivity index (χ0) is 19.1. The maximum Gasteiger partial charge on any atom is 0.311 e. The number of rotatable bonds is 21. The summed E-state index contributed by atoms with van der Waals surface area (Å²) >= 11 is 0. The first kappa shape index (κ1) is 25.4. The molecule has 0 atom stereocenters. The molecule has 0 unspecified atom stereocenters. The van der Waals surface area contributed by atoms with Gasteiger partial charge in [0.05, 0.1) is 26.1 Å². The van der Waals surface area contributed by atoms with Gasteiger partial charge in [0.25, 0.3) is 0 Å². The van der Waals surface area contributed by atoms with Crippen LogP contribution in [0.3, 0.4) is 0 Å². The summed E-state index contributed by atoms with van der Waals surface area (Å²) in [5, 5.41) is 2.25. The fourth-order valence-corrected chi connectivity index (χ4v) is 3.43. The fraction of sp³-hybridized carbons (Fsp3) is 0.957. The lowest BCUT2D eigenvalue weighted by Gasteiger charge is -2.04. The number of nitrogens with two attached hydrogens (primary N) is 1. The zero-order valence-corrected chi connectivity index (χ0v) is 18.0. The normalized spacial score (nSPS) is 11.0. The molecule has 3 heteroatoms. The summed E-state index contributed by atoms with van der Waals surface area (Å²) in [6.07, 6.45) is 23.2. The van der Waals surface area contributed by atoms with E-state index in [9.17, 15) is 4.79 Å². The number of carbonyl (C=O) groups is 1. The van der Waals surface area contributed by atoms with E-state index in [2.05, 4.69) is 12.2 Å². The van der Waals surface area contributed by atoms with Crippen molar-refractivity contribution >= 4 is 5.97 Å². The SMILES string of the molecule is CCCCCCCCCCCCCCCCCC[NH2+]CCC(=O)OCC. The second kappa shape index (κ2) is 22.5. The Labute approximate surface area is 164 Å². The molecule has 0 bridgehead atoms. The first-order valence-corrected chi connectivity index (χ1v) is 11.8. The molecule has 0 heterocycles. The van der Waals surface area contributed by atoms with E-state index < -0.39 is 0 Å². The first-order valence-electron chi connectivity index (χ1n) is 11.8. The average Bonchev–Trinajstić information content (AvgIpc) is 2.64. The van der Waals surface area contributed by atoms with Crippen molar-refractivity contribution in [2.24, 2.45) is 0 Å². The molecule has 0 aromatic heterocycles. The molecule has 0 aromatic carbocycles. The summed E-state index contributed by atoms with van der Waals surface area (Å²) in [4.78, 5) is 11.2. The topological polar surface area (TPSA) is 42.9 Å². The lowest BCUT2D eigenvalue weighted by atomic mass is 10.0. The van der Waals surface area contributed by atoms with E-state index in [0.29, 0.717) is 13.0 Å². The maximum absolute atomic E-state index is 11.2. The van der Waals surface area contributed by atoms with E-state index in [-0.39, 0.29) is 5.97 Å². The Balaban J connectivity index is 3.02. The summed E-state index contributed by atoms with van der Waals surface area (Å²) in [5.74, 6) is -0.0595. The standard InChI is InChI=1S/C23H47NO2/c1-3-5-6-7-8-9-10-11-12-13-14-15-16-17-18-19-21-24-22-20-23(25)26-4-2/h24H,3-22H2,1-2H3/p+1. The van der Waals surface area contributed by atoms with Crippen LogP contribution in [0.25, 0.3) is 0 Å². The van der Waals surface area contributed by atoms with Crippen molar-refractivity contribution in [3.8, 4) is 0 Å². The molecule has 0 saturated heterocycles. The van der Waals surface area contributed by atoms with Crippen molar-refractivity contribution in [3.05, 3.63) is 0 Å². The Kier molecular flexibility index (Phi) is 22.0. The van der Waals surface area contributed by atoms with Gasteiger partial charge in [-0.05, 0) is 19.8 Å². The molecule has 2 N–H and O–H groups in total. The lowest BCUT2D eigenvalue weighted by Crippen LogP contribution is -2.84. The highest BCUT2D eigenvalue weighted by atomic mass is 16.5. The quantitative estimate of drug-likeness (QED) is 0.206. The lowest BCUT2D eigenvalue weighted by molar-refractivity contribution is -0.654. The molecule has 0 aliphatic heterocycles. The molecule has 0 fully saturated rings. The van der Waals surface area contributed by atoms with Crippen molar-refractivity contribution < 1.29 is 14.8 Å². The summed E-state index contributed by atoms with van der Waals surface area (Å²) in [6.45, 7) is 6.67. The third-order valence-electron chi connectivity index (χ3n) is 5.12. The zero-order valence-electron chi connectivity index (χ0n) is 18.0. The number of carbonyl (C=O) groups excluding carboxylic acids is 1. The van der Waals surface area contributed by atoms with Crippen molar-refractivity contribution in [2.45, 2.75) is 123 Å². The Morgan fingerprint density at radius 1 is 0.615 bits per heavy atom. The molecule has 156 valence electrons. The van der Waals surface area contributed by atoms with Crippen LogP contribution in [0.4, 0.5) is 0 Å². The molecular weight excluding hydrogens is 322 g/mol.